The number of Topliss-reactive ketones (excluding diaryl/α,β-unsaturated/α-hetero) is 2. The number of carbonyl (C=O) groups excluding carboxylic acids is 3. The normalized spacial score (nSPS) is 12.1. The van der Waals surface area contributed by atoms with E-state index in [4.69, 9.17) is 21.7 Å². The Balaban J connectivity index is 0.000000336. The molecular weight excluding hydrogens is 592 g/mol. The van der Waals surface area contributed by atoms with Crippen molar-refractivity contribution in [2.45, 2.75) is 61.2 Å². The van der Waals surface area contributed by atoms with Crippen LogP contribution in [0.2, 0.25) is 0 Å². The van der Waals surface area contributed by atoms with Gasteiger partial charge in [-0.2, -0.15) is 0 Å². The van der Waals surface area contributed by atoms with Crippen molar-refractivity contribution in [3.05, 3.63) is 119 Å². The van der Waals surface area contributed by atoms with Gasteiger partial charge in [-0.15, -0.1) is 0 Å². The number of para-hydroxylation sites is 4. The number of nitrogens with zero attached hydrogens (tertiary/aromatic N) is 2. The molecule has 0 radical (unpaired) electrons. The summed E-state index contributed by atoms with van der Waals surface area (Å²) in [6.07, 6.45) is 0. The van der Waals surface area contributed by atoms with E-state index >= 15 is 0 Å². The Morgan fingerprint density at radius 2 is 0.787 bits per heavy atom. The van der Waals surface area contributed by atoms with Gasteiger partial charge in [0.2, 0.25) is 17.3 Å². The van der Waals surface area contributed by atoms with Gasteiger partial charge in [-0.1, -0.05) is 128 Å². The predicted molar refractivity (Wildman–Crippen MR) is 191 cm³/mol. The largest absolute Gasteiger partial charge is 0.397 e. The minimum atomic E-state index is -2.86. The molecule has 248 valence electrons. The molecule has 4 aromatic carbocycles. The summed E-state index contributed by atoms with van der Waals surface area (Å²) in [4.78, 5) is 43.6. The average Bonchev–Trinajstić information content (AvgIpc) is 3.51. The van der Waals surface area contributed by atoms with Crippen LogP contribution in [-0.2, 0) is 0 Å². The second-order valence-corrected chi connectivity index (χ2v) is 8.79. The fraction of sp³-hybridized carbons (Fsp3) is 0.237. The molecule has 9 heteroatoms. The maximum Gasteiger partial charge on any atom is 0.295 e. The zero-order valence-electron chi connectivity index (χ0n) is 28.4. The molecule has 0 aliphatic heterocycles. The number of aromatic nitrogens is 2. The number of hydrogen-bond acceptors (Lipinski definition) is 9. The highest BCUT2D eigenvalue weighted by Crippen LogP contribution is 2.34. The number of fused-ring (bicyclic) bond motifs is 5. The second-order valence-electron chi connectivity index (χ2n) is 8.79. The first-order valence-electron chi connectivity index (χ1n) is 15.8. The Morgan fingerprint density at radius 3 is 1.19 bits per heavy atom. The van der Waals surface area contributed by atoms with Gasteiger partial charge in [0.15, 0.2) is 0 Å². The highest BCUT2D eigenvalue weighted by atomic mass is 16.5. The average molecular weight is 639 g/mol. The van der Waals surface area contributed by atoms with Gasteiger partial charge < -0.3 is 21.7 Å². The van der Waals surface area contributed by atoms with Crippen LogP contribution in [0.4, 0.5) is 11.4 Å². The Labute approximate surface area is 277 Å². The van der Waals surface area contributed by atoms with Crippen molar-refractivity contribution in [3.63, 3.8) is 0 Å². The number of carbonyl (C=O) groups is 3. The lowest BCUT2D eigenvalue weighted by Crippen LogP contribution is -2.40. The molecule has 0 unspecified atom stereocenters. The van der Waals surface area contributed by atoms with Gasteiger partial charge in [-0.25, -0.2) is 9.97 Å². The monoisotopic (exact) mass is 638 g/mol. The lowest BCUT2D eigenvalue weighted by atomic mass is 10.1. The number of hydrogen-bond donors (Lipinski definition) is 4. The van der Waals surface area contributed by atoms with Gasteiger partial charge in [0.05, 0.1) is 22.4 Å². The third-order valence-electron chi connectivity index (χ3n) is 6.26. The molecule has 0 atom stereocenters. The quantitative estimate of drug-likeness (QED) is 0.0745. The summed E-state index contributed by atoms with van der Waals surface area (Å²) >= 11 is 0. The third-order valence-corrected chi connectivity index (χ3v) is 6.26. The van der Waals surface area contributed by atoms with Crippen molar-refractivity contribution >= 4 is 39.8 Å². The van der Waals surface area contributed by atoms with Crippen molar-refractivity contribution in [3.8, 4) is 11.3 Å². The van der Waals surface area contributed by atoms with E-state index in [1.165, 1.54) is 12.1 Å². The van der Waals surface area contributed by atoms with Crippen molar-refractivity contribution in [1.29, 1.82) is 0 Å². The first-order valence-corrected chi connectivity index (χ1v) is 15.8. The molecule has 47 heavy (non-hydrogen) atoms. The maximum absolute atomic E-state index is 12.2. The highest BCUT2D eigenvalue weighted by molar-refractivity contribution is 6.30. The maximum atomic E-state index is 12.2. The van der Waals surface area contributed by atoms with Gasteiger partial charge in [0, 0.05) is 22.3 Å². The van der Waals surface area contributed by atoms with E-state index in [-0.39, 0.29) is 16.9 Å². The van der Waals surface area contributed by atoms with E-state index in [0.29, 0.717) is 28.3 Å². The Morgan fingerprint density at radius 1 is 0.468 bits per heavy atom. The van der Waals surface area contributed by atoms with Crippen LogP contribution in [-0.4, -0.2) is 43.3 Å². The number of ketones is 3. The number of anilines is 2. The van der Waals surface area contributed by atoms with E-state index in [0.717, 1.165) is 16.6 Å². The Hall–Kier alpha value is -5.25. The van der Waals surface area contributed by atoms with Crippen LogP contribution in [0.1, 0.15) is 92.2 Å². The number of nitrogens with two attached hydrogens (primary N) is 2. The summed E-state index contributed by atoms with van der Waals surface area (Å²) in [5, 5.41) is 18.2. The zero-order chi connectivity index (χ0) is 35.7. The topological polar surface area (TPSA) is 169 Å². The van der Waals surface area contributed by atoms with Gasteiger partial charge in [0.1, 0.15) is 11.4 Å². The highest BCUT2D eigenvalue weighted by Gasteiger charge is 2.50. The standard InChI is InChI=1S/C15H8N2O.C9H6O4.C6H8N2.4C2H6/c18-15-10-6-2-1-5-9(10)13-14(15)17-12-8-4-3-7-11(12)16-13;10-7-5-3-1-2-4-6(5)8(11)9(7,12)13;7-5-3-1-2-4-6(5)8;4*1-2/h1-8H;1-4,12-13H;1-4H,7-8H2;4*1-2H3. The molecule has 0 saturated heterocycles. The fourth-order valence-electron chi connectivity index (χ4n) is 4.23. The van der Waals surface area contributed by atoms with E-state index in [1.807, 2.05) is 116 Å². The SMILES string of the molecule is CC.CC.CC.CC.Nc1ccccc1N.O=C1c2ccccc2-c2nc3ccccc3nc21.O=C1c2ccccc2C(=O)C1(O)O. The summed E-state index contributed by atoms with van der Waals surface area (Å²) in [6, 6.07) is 28.3. The molecule has 0 bridgehead atoms. The van der Waals surface area contributed by atoms with Gasteiger partial charge in [-0.05, 0) is 24.3 Å². The van der Waals surface area contributed by atoms with E-state index in [1.54, 1.807) is 24.3 Å². The lowest BCUT2D eigenvalue weighted by molar-refractivity contribution is -0.0857. The molecule has 0 spiro atoms. The first kappa shape index (κ1) is 39.8. The van der Waals surface area contributed by atoms with Crippen LogP contribution in [0.15, 0.2) is 97.1 Å². The van der Waals surface area contributed by atoms with Crippen molar-refractivity contribution in [1.82, 2.24) is 9.97 Å². The van der Waals surface area contributed by atoms with Crippen molar-refractivity contribution in [2.75, 3.05) is 11.5 Å². The summed E-state index contributed by atoms with van der Waals surface area (Å²) in [6.45, 7) is 16.0. The number of nitrogen functional groups attached to an aromatic ring is 2. The molecule has 2 aliphatic rings. The molecule has 7 rings (SSSR count). The van der Waals surface area contributed by atoms with Crippen LogP contribution in [0.3, 0.4) is 0 Å². The molecule has 6 N–H and O–H groups in total. The number of benzene rings is 4. The van der Waals surface area contributed by atoms with E-state index in [9.17, 15) is 14.4 Å². The number of rotatable bonds is 0. The molecule has 9 nitrogen and oxygen atoms in total. The molecule has 0 amide bonds. The molecular formula is C38H46N4O5. The van der Waals surface area contributed by atoms with Gasteiger partial charge in [-0.3, -0.25) is 14.4 Å². The lowest BCUT2D eigenvalue weighted by Gasteiger charge is -2.08. The van der Waals surface area contributed by atoms with Crippen LogP contribution in [0, 0.1) is 0 Å². The molecule has 2 aliphatic carbocycles. The predicted octanol–water partition coefficient (Wildman–Crippen LogP) is 7.54. The van der Waals surface area contributed by atoms with Gasteiger partial charge >= 0.3 is 0 Å². The second kappa shape index (κ2) is 19.3. The summed E-state index contributed by atoms with van der Waals surface area (Å²) < 4.78 is 0. The van der Waals surface area contributed by atoms with Crippen LogP contribution < -0.4 is 11.5 Å². The van der Waals surface area contributed by atoms with Gasteiger partial charge in [0.25, 0.3) is 5.79 Å². The minimum absolute atomic E-state index is 0.0288. The Kier molecular flexibility index (Phi) is 16.3. The fourth-order valence-corrected chi connectivity index (χ4v) is 4.23. The van der Waals surface area contributed by atoms with Crippen molar-refractivity contribution in [2.24, 2.45) is 0 Å². The summed E-state index contributed by atoms with van der Waals surface area (Å²) in [7, 11) is 0. The first-order chi connectivity index (χ1) is 22.7. The van der Waals surface area contributed by atoms with E-state index < -0.39 is 17.4 Å². The third kappa shape index (κ3) is 8.94. The molecule has 0 saturated carbocycles. The molecule has 0 fully saturated rings. The number of aliphatic hydroxyl groups is 2. The minimum Gasteiger partial charge on any atom is -0.397 e. The van der Waals surface area contributed by atoms with Crippen LogP contribution >= 0.6 is 0 Å². The smallest absolute Gasteiger partial charge is 0.295 e. The zero-order valence-corrected chi connectivity index (χ0v) is 28.4. The molecule has 1 heterocycles. The van der Waals surface area contributed by atoms with Crippen molar-refractivity contribution < 1.29 is 24.6 Å². The summed E-state index contributed by atoms with van der Waals surface area (Å²) in [5.41, 5.74) is 16.5. The summed E-state index contributed by atoms with van der Waals surface area (Å²) in [5.74, 6) is -4.79. The van der Waals surface area contributed by atoms with Crippen LogP contribution in [0.5, 0.6) is 0 Å². The molecule has 5 aromatic rings. The van der Waals surface area contributed by atoms with Crippen LogP contribution in [0.25, 0.3) is 22.3 Å². The Bertz CT molecular complexity index is 1730. The van der Waals surface area contributed by atoms with E-state index in [2.05, 4.69) is 9.97 Å². The molecule has 1 aromatic heterocycles.